The number of aromatic nitrogens is 2. The Morgan fingerprint density at radius 3 is 2.52 bits per heavy atom. The molecule has 0 unspecified atom stereocenters. The minimum atomic E-state index is -1.14. The fourth-order valence-electron chi connectivity index (χ4n) is 2.55. The van der Waals surface area contributed by atoms with Gasteiger partial charge < -0.3 is 15.2 Å². The second-order valence-electron chi connectivity index (χ2n) is 6.03. The van der Waals surface area contributed by atoms with Gasteiger partial charge in [-0.25, -0.2) is 9.59 Å². The first-order valence-electron chi connectivity index (χ1n) is 8.81. The number of hydrogen-bond donors (Lipinski definition) is 3. The normalized spacial score (nSPS) is 10.4. The Balaban J connectivity index is 1.70. The van der Waals surface area contributed by atoms with Crippen molar-refractivity contribution in [1.82, 2.24) is 15.3 Å². The third kappa shape index (κ3) is 4.83. The number of carbonyl (C=O) groups is 3. The van der Waals surface area contributed by atoms with Crippen molar-refractivity contribution in [1.29, 1.82) is 0 Å². The van der Waals surface area contributed by atoms with E-state index in [1.807, 2.05) is 6.92 Å². The summed E-state index contributed by atoms with van der Waals surface area (Å²) in [5, 5.41) is 13.9. The van der Waals surface area contributed by atoms with E-state index >= 15 is 0 Å². The number of rotatable bonds is 6. The molecule has 148 valence electrons. The summed E-state index contributed by atoms with van der Waals surface area (Å²) < 4.78 is 5.43. The SMILES string of the molecule is CCCOc1cc(NC(=O)NC(=O)c2ccc3nccnc3c2)ccc1C(=O)O. The number of hydrogen-bond acceptors (Lipinski definition) is 6. The van der Waals surface area contributed by atoms with Crippen LogP contribution in [0.25, 0.3) is 11.0 Å². The van der Waals surface area contributed by atoms with Crippen LogP contribution < -0.4 is 15.4 Å². The quantitative estimate of drug-likeness (QED) is 0.585. The highest BCUT2D eigenvalue weighted by Gasteiger charge is 2.15. The lowest BCUT2D eigenvalue weighted by molar-refractivity contribution is 0.0692. The van der Waals surface area contributed by atoms with Gasteiger partial charge in [0.1, 0.15) is 11.3 Å². The molecule has 0 saturated heterocycles. The fourth-order valence-corrected chi connectivity index (χ4v) is 2.55. The molecule has 0 aliphatic carbocycles. The average molecular weight is 394 g/mol. The molecule has 0 aliphatic heterocycles. The predicted molar refractivity (Wildman–Crippen MR) is 105 cm³/mol. The van der Waals surface area contributed by atoms with Crippen LogP contribution in [0.5, 0.6) is 5.75 Å². The number of anilines is 1. The largest absolute Gasteiger partial charge is 0.493 e. The van der Waals surface area contributed by atoms with Crippen molar-refractivity contribution in [2.75, 3.05) is 11.9 Å². The maximum atomic E-state index is 12.3. The second-order valence-corrected chi connectivity index (χ2v) is 6.03. The first kappa shape index (κ1) is 19.7. The van der Waals surface area contributed by atoms with Crippen molar-refractivity contribution < 1.29 is 24.2 Å². The van der Waals surface area contributed by atoms with Crippen molar-refractivity contribution in [3.8, 4) is 5.75 Å². The van der Waals surface area contributed by atoms with Crippen LogP contribution in [-0.2, 0) is 0 Å². The number of carbonyl (C=O) groups excluding carboxylic acids is 2. The average Bonchev–Trinajstić information content (AvgIpc) is 2.71. The van der Waals surface area contributed by atoms with Crippen LogP contribution in [0, 0.1) is 0 Å². The molecule has 0 fully saturated rings. The number of aromatic carboxylic acids is 1. The number of urea groups is 1. The van der Waals surface area contributed by atoms with Gasteiger partial charge in [0.05, 0.1) is 17.6 Å². The van der Waals surface area contributed by atoms with Gasteiger partial charge >= 0.3 is 12.0 Å². The summed E-state index contributed by atoms with van der Waals surface area (Å²) in [6, 6.07) is 8.08. The van der Waals surface area contributed by atoms with E-state index in [0.29, 0.717) is 24.1 Å². The topological polar surface area (TPSA) is 131 Å². The van der Waals surface area contributed by atoms with Crippen LogP contribution in [0.4, 0.5) is 10.5 Å². The zero-order valence-electron chi connectivity index (χ0n) is 15.5. The molecule has 3 N–H and O–H groups in total. The molecule has 1 heterocycles. The maximum absolute atomic E-state index is 12.3. The van der Waals surface area contributed by atoms with Crippen LogP contribution in [0.1, 0.15) is 34.1 Å². The summed E-state index contributed by atoms with van der Waals surface area (Å²) in [4.78, 5) is 44.0. The molecule has 0 radical (unpaired) electrons. The van der Waals surface area contributed by atoms with E-state index < -0.39 is 17.9 Å². The standard InChI is InChI=1S/C20H18N4O5/c1-2-9-29-17-11-13(4-5-14(17)19(26)27)23-20(28)24-18(25)12-3-6-15-16(10-12)22-8-7-21-15/h3-8,10-11H,2,9H2,1H3,(H,26,27)(H2,23,24,25,28). The van der Waals surface area contributed by atoms with Crippen molar-refractivity contribution >= 4 is 34.6 Å². The highest BCUT2D eigenvalue weighted by molar-refractivity contribution is 6.09. The number of carboxylic acids is 1. The number of fused-ring (bicyclic) bond motifs is 1. The molecule has 29 heavy (non-hydrogen) atoms. The lowest BCUT2D eigenvalue weighted by Crippen LogP contribution is -2.34. The number of ether oxygens (including phenoxy) is 1. The Morgan fingerprint density at radius 1 is 1.03 bits per heavy atom. The second kappa shape index (κ2) is 8.79. The van der Waals surface area contributed by atoms with Crippen LogP contribution in [0.3, 0.4) is 0 Å². The van der Waals surface area contributed by atoms with Gasteiger partial charge in [0.15, 0.2) is 0 Å². The smallest absolute Gasteiger partial charge is 0.339 e. The number of imide groups is 1. The Bertz CT molecular complexity index is 1080. The van der Waals surface area contributed by atoms with Crippen molar-refractivity contribution in [2.24, 2.45) is 0 Å². The fraction of sp³-hybridized carbons (Fsp3) is 0.150. The van der Waals surface area contributed by atoms with Crippen LogP contribution in [0.15, 0.2) is 48.8 Å². The van der Waals surface area contributed by atoms with E-state index in [2.05, 4.69) is 20.6 Å². The lowest BCUT2D eigenvalue weighted by atomic mass is 10.1. The predicted octanol–water partition coefficient (Wildman–Crippen LogP) is 3.08. The summed E-state index contributed by atoms with van der Waals surface area (Å²) in [5.74, 6) is -1.61. The van der Waals surface area contributed by atoms with Crippen LogP contribution in [0.2, 0.25) is 0 Å². The Kier molecular flexibility index (Phi) is 5.98. The lowest BCUT2D eigenvalue weighted by Gasteiger charge is -2.12. The molecule has 0 bridgehead atoms. The summed E-state index contributed by atoms with van der Waals surface area (Å²) >= 11 is 0. The van der Waals surface area contributed by atoms with Crippen LogP contribution >= 0.6 is 0 Å². The Hall–Kier alpha value is -4.01. The number of benzene rings is 2. The molecule has 9 heteroatoms. The molecule has 0 spiro atoms. The molecular weight excluding hydrogens is 376 g/mol. The van der Waals surface area contributed by atoms with Gasteiger partial charge in [0.25, 0.3) is 5.91 Å². The van der Waals surface area contributed by atoms with E-state index in [1.165, 1.54) is 36.5 Å². The molecule has 0 atom stereocenters. The monoisotopic (exact) mass is 394 g/mol. The van der Waals surface area contributed by atoms with Gasteiger partial charge in [-0.15, -0.1) is 0 Å². The van der Waals surface area contributed by atoms with Crippen molar-refractivity contribution in [3.05, 3.63) is 59.9 Å². The number of nitrogens with zero attached hydrogens (tertiary/aromatic N) is 2. The van der Waals surface area contributed by atoms with Crippen molar-refractivity contribution in [3.63, 3.8) is 0 Å². The third-order valence-corrected chi connectivity index (χ3v) is 3.89. The van der Waals surface area contributed by atoms with Gasteiger partial charge in [-0.1, -0.05) is 6.92 Å². The molecule has 9 nitrogen and oxygen atoms in total. The summed E-state index contributed by atoms with van der Waals surface area (Å²) in [5.41, 5.74) is 1.68. The van der Waals surface area contributed by atoms with Crippen LogP contribution in [-0.4, -0.2) is 39.6 Å². The van der Waals surface area contributed by atoms with E-state index in [0.717, 1.165) is 0 Å². The van der Waals surface area contributed by atoms with E-state index in [4.69, 9.17) is 4.74 Å². The zero-order chi connectivity index (χ0) is 20.8. The summed E-state index contributed by atoms with van der Waals surface area (Å²) in [6.07, 6.45) is 3.75. The van der Waals surface area contributed by atoms with Gasteiger partial charge in [0.2, 0.25) is 0 Å². The van der Waals surface area contributed by atoms with E-state index in [-0.39, 0.29) is 22.6 Å². The van der Waals surface area contributed by atoms with Crippen molar-refractivity contribution in [2.45, 2.75) is 13.3 Å². The molecule has 2 aromatic carbocycles. The number of amides is 3. The molecule has 3 aromatic rings. The van der Waals surface area contributed by atoms with Gasteiger partial charge in [-0.2, -0.15) is 0 Å². The zero-order valence-corrected chi connectivity index (χ0v) is 15.5. The third-order valence-electron chi connectivity index (χ3n) is 3.89. The van der Waals surface area contributed by atoms with E-state index in [1.54, 1.807) is 12.3 Å². The molecule has 3 rings (SSSR count). The molecule has 3 amide bonds. The van der Waals surface area contributed by atoms with Gasteiger partial charge in [0, 0.05) is 29.7 Å². The minimum absolute atomic E-state index is 0.0160. The van der Waals surface area contributed by atoms with E-state index in [9.17, 15) is 19.5 Å². The molecule has 1 aromatic heterocycles. The summed E-state index contributed by atoms with van der Waals surface area (Å²) in [6.45, 7) is 2.22. The van der Waals surface area contributed by atoms with Gasteiger partial charge in [-0.05, 0) is 36.8 Å². The first-order chi connectivity index (χ1) is 14.0. The Labute approximate surface area is 165 Å². The number of carboxylic acid groups (broad SMARTS) is 1. The molecular formula is C20H18N4O5. The first-order valence-corrected chi connectivity index (χ1v) is 8.81. The Morgan fingerprint density at radius 2 is 1.79 bits per heavy atom. The highest BCUT2D eigenvalue weighted by atomic mass is 16.5. The maximum Gasteiger partial charge on any atom is 0.339 e. The van der Waals surface area contributed by atoms with Gasteiger partial charge in [-0.3, -0.25) is 20.1 Å². The highest BCUT2D eigenvalue weighted by Crippen LogP contribution is 2.24. The number of nitrogens with one attached hydrogen (secondary N) is 2. The molecule has 0 aliphatic rings. The molecule has 0 saturated carbocycles. The summed E-state index contributed by atoms with van der Waals surface area (Å²) in [7, 11) is 0. The minimum Gasteiger partial charge on any atom is -0.493 e.